The van der Waals surface area contributed by atoms with Crippen LogP contribution in [-0.4, -0.2) is 44.7 Å². The zero-order chi connectivity index (χ0) is 13.0. The lowest BCUT2D eigenvalue weighted by atomic mass is 9.99. The van der Waals surface area contributed by atoms with Gasteiger partial charge in [0.25, 0.3) is 0 Å². The quantitative estimate of drug-likeness (QED) is 0.772. The average Bonchev–Trinajstić information content (AvgIpc) is 2.72. The fraction of sp³-hybridized carbons (Fsp3) is 0.727. The lowest BCUT2D eigenvalue weighted by Crippen LogP contribution is -2.29. The minimum atomic E-state index is -0.777. The number of hydrogen-bond donors (Lipinski definition) is 2. The molecule has 6 nitrogen and oxygen atoms in total. The van der Waals surface area contributed by atoms with Crippen LogP contribution in [-0.2, 0) is 11.8 Å². The van der Waals surface area contributed by atoms with Gasteiger partial charge in [0.1, 0.15) is 5.82 Å². The molecule has 1 aromatic heterocycles. The molecule has 0 saturated carbocycles. The zero-order valence-corrected chi connectivity index (χ0v) is 11.2. The number of carbonyl (C=O) groups is 1. The van der Waals surface area contributed by atoms with Crippen LogP contribution in [0.4, 0.5) is 0 Å². The van der Waals surface area contributed by atoms with Crippen molar-refractivity contribution in [2.24, 2.45) is 7.05 Å². The predicted molar refractivity (Wildman–Crippen MR) is 68.8 cm³/mol. The molecule has 18 heavy (non-hydrogen) atoms. The molecule has 0 spiro atoms. The van der Waals surface area contributed by atoms with Gasteiger partial charge in [0.15, 0.2) is 5.16 Å². The van der Waals surface area contributed by atoms with Crippen LogP contribution in [0.3, 0.4) is 0 Å². The van der Waals surface area contributed by atoms with Crippen LogP contribution in [0.15, 0.2) is 5.16 Å². The lowest BCUT2D eigenvalue weighted by molar-refractivity contribution is -0.136. The van der Waals surface area contributed by atoms with Gasteiger partial charge in [-0.2, -0.15) is 0 Å². The van der Waals surface area contributed by atoms with Crippen LogP contribution in [0, 0.1) is 0 Å². The Bertz CT molecular complexity index is 415. The van der Waals surface area contributed by atoms with Crippen LogP contribution in [0.5, 0.6) is 0 Å². The molecule has 1 fully saturated rings. The zero-order valence-electron chi connectivity index (χ0n) is 10.4. The minimum Gasteiger partial charge on any atom is -0.481 e. The Morgan fingerprint density at radius 3 is 3.11 bits per heavy atom. The molecule has 0 aliphatic carbocycles. The molecule has 100 valence electrons. The summed E-state index contributed by atoms with van der Waals surface area (Å²) in [5.74, 6) is 1.18. The Kier molecular flexibility index (Phi) is 4.60. The monoisotopic (exact) mass is 270 g/mol. The van der Waals surface area contributed by atoms with Gasteiger partial charge in [0, 0.05) is 25.3 Å². The van der Waals surface area contributed by atoms with Crippen molar-refractivity contribution in [3.8, 4) is 0 Å². The number of nitrogens with zero attached hydrogens (tertiary/aromatic N) is 3. The molecule has 1 aliphatic rings. The summed E-state index contributed by atoms with van der Waals surface area (Å²) in [4.78, 5) is 10.5. The maximum Gasteiger partial charge on any atom is 0.304 e. The molecule has 2 heterocycles. The molecule has 2 rings (SSSR count). The number of nitrogens with one attached hydrogen (secondary N) is 1. The van der Waals surface area contributed by atoms with Crippen LogP contribution in [0.25, 0.3) is 0 Å². The third-order valence-corrected chi connectivity index (χ3v) is 4.10. The average molecular weight is 270 g/mol. The van der Waals surface area contributed by atoms with E-state index in [0.717, 1.165) is 30.5 Å². The van der Waals surface area contributed by atoms with E-state index in [-0.39, 0.29) is 6.42 Å². The summed E-state index contributed by atoms with van der Waals surface area (Å²) >= 11 is 1.45. The highest BCUT2D eigenvalue weighted by molar-refractivity contribution is 7.99. The van der Waals surface area contributed by atoms with Gasteiger partial charge < -0.3 is 15.0 Å². The second kappa shape index (κ2) is 6.19. The first kappa shape index (κ1) is 13.4. The molecule has 2 N–H and O–H groups in total. The van der Waals surface area contributed by atoms with E-state index in [9.17, 15) is 4.79 Å². The van der Waals surface area contributed by atoms with Crippen molar-refractivity contribution in [3.63, 3.8) is 0 Å². The Morgan fingerprint density at radius 1 is 1.61 bits per heavy atom. The van der Waals surface area contributed by atoms with E-state index in [0.29, 0.717) is 11.7 Å². The Hall–Kier alpha value is -1.08. The first-order valence-corrected chi connectivity index (χ1v) is 7.11. The van der Waals surface area contributed by atoms with Gasteiger partial charge in [-0.05, 0) is 19.4 Å². The van der Waals surface area contributed by atoms with Gasteiger partial charge in [-0.25, -0.2) is 0 Å². The second-order valence-electron chi connectivity index (χ2n) is 4.44. The molecule has 1 atom stereocenters. The van der Waals surface area contributed by atoms with Crippen LogP contribution in [0.1, 0.15) is 31.0 Å². The lowest BCUT2D eigenvalue weighted by Gasteiger charge is -2.21. The number of piperidine rings is 1. The first-order chi connectivity index (χ1) is 8.68. The maximum atomic E-state index is 10.5. The topological polar surface area (TPSA) is 80.0 Å². The number of carboxylic acid groups (broad SMARTS) is 1. The highest BCUT2D eigenvalue weighted by Crippen LogP contribution is 2.24. The van der Waals surface area contributed by atoms with E-state index in [1.807, 2.05) is 11.6 Å². The second-order valence-corrected chi connectivity index (χ2v) is 5.50. The molecule has 1 aromatic rings. The summed E-state index contributed by atoms with van der Waals surface area (Å²) in [7, 11) is 1.95. The summed E-state index contributed by atoms with van der Waals surface area (Å²) in [5, 5.41) is 21.2. The van der Waals surface area contributed by atoms with Gasteiger partial charge in [0.05, 0.1) is 6.42 Å². The third kappa shape index (κ3) is 3.23. The number of carboxylic acids is 1. The van der Waals surface area contributed by atoms with Crippen molar-refractivity contribution in [2.75, 3.05) is 18.8 Å². The number of hydrogen-bond acceptors (Lipinski definition) is 5. The molecule has 7 heteroatoms. The van der Waals surface area contributed by atoms with Crippen LogP contribution >= 0.6 is 11.8 Å². The van der Waals surface area contributed by atoms with Gasteiger partial charge in [-0.1, -0.05) is 11.8 Å². The molecular formula is C11H18N4O2S. The summed E-state index contributed by atoms with van der Waals surface area (Å²) in [6.45, 7) is 2.03. The molecule has 1 unspecified atom stereocenters. The first-order valence-electron chi connectivity index (χ1n) is 6.13. The Balaban J connectivity index is 1.96. The molecule has 0 aromatic carbocycles. The molecule has 1 saturated heterocycles. The van der Waals surface area contributed by atoms with E-state index >= 15 is 0 Å². The van der Waals surface area contributed by atoms with Crippen molar-refractivity contribution in [3.05, 3.63) is 5.82 Å². The number of aromatic nitrogens is 3. The molecule has 0 bridgehead atoms. The maximum absolute atomic E-state index is 10.5. The van der Waals surface area contributed by atoms with Crippen LogP contribution < -0.4 is 5.32 Å². The van der Waals surface area contributed by atoms with Crippen LogP contribution in [0.2, 0.25) is 0 Å². The summed E-state index contributed by atoms with van der Waals surface area (Å²) in [5.41, 5.74) is 0. The number of thioether (sulfide) groups is 1. The molecule has 0 amide bonds. The van der Waals surface area contributed by atoms with Gasteiger partial charge in [-0.3, -0.25) is 4.79 Å². The Labute approximate surface area is 110 Å². The highest BCUT2D eigenvalue weighted by atomic mass is 32.2. The van der Waals surface area contributed by atoms with E-state index in [2.05, 4.69) is 15.5 Å². The van der Waals surface area contributed by atoms with Crippen molar-refractivity contribution in [1.82, 2.24) is 20.1 Å². The molecular weight excluding hydrogens is 252 g/mol. The van der Waals surface area contributed by atoms with Gasteiger partial charge >= 0.3 is 5.97 Å². The Morgan fingerprint density at radius 2 is 2.44 bits per heavy atom. The minimum absolute atomic E-state index is 0.151. The predicted octanol–water partition coefficient (Wildman–Crippen LogP) is 0.849. The number of aliphatic carboxylic acids is 1. The van der Waals surface area contributed by atoms with Crippen molar-refractivity contribution < 1.29 is 9.90 Å². The smallest absolute Gasteiger partial charge is 0.304 e. The van der Waals surface area contributed by atoms with Gasteiger partial charge in [0.2, 0.25) is 0 Å². The summed E-state index contributed by atoms with van der Waals surface area (Å²) in [6.07, 6.45) is 2.45. The van der Waals surface area contributed by atoms with Crippen molar-refractivity contribution in [2.45, 2.75) is 30.3 Å². The van der Waals surface area contributed by atoms with E-state index < -0.39 is 5.97 Å². The molecule has 0 radical (unpaired) electrons. The summed E-state index contributed by atoms with van der Waals surface area (Å²) in [6, 6.07) is 0. The summed E-state index contributed by atoms with van der Waals surface area (Å²) < 4.78 is 1.99. The standard InChI is InChI=1S/C11H18N4O2S/c1-15-10(8-3-2-5-12-7-8)13-14-11(15)18-6-4-9(16)17/h8,12H,2-7H2,1H3,(H,16,17). The molecule has 1 aliphatic heterocycles. The fourth-order valence-corrected chi connectivity index (χ4v) is 2.95. The van der Waals surface area contributed by atoms with Crippen molar-refractivity contribution >= 4 is 17.7 Å². The van der Waals surface area contributed by atoms with Gasteiger partial charge in [-0.15, -0.1) is 10.2 Å². The van der Waals surface area contributed by atoms with E-state index in [1.54, 1.807) is 0 Å². The largest absolute Gasteiger partial charge is 0.481 e. The highest BCUT2D eigenvalue weighted by Gasteiger charge is 2.21. The fourth-order valence-electron chi connectivity index (χ4n) is 2.11. The van der Waals surface area contributed by atoms with Crippen molar-refractivity contribution in [1.29, 1.82) is 0 Å². The SMILES string of the molecule is Cn1c(SCCC(=O)O)nnc1C1CCCNC1. The van der Waals surface area contributed by atoms with E-state index in [1.165, 1.54) is 18.2 Å². The third-order valence-electron chi connectivity index (χ3n) is 3.08. The van der Waals surface area contributed by atoms with E-state index in [4.69, 9.17) is 5.11 Å². The normalized spacial score (nSPS) is 19.9. The number of rotatable bonds is 5.